The molecule has 0 unspecified atom stereocenters. The molecule has 1 aromatic carbocycles. The van der Waals surface area contributed by atoms with Crippen LogP contribution in [0.2, 0.25) is 0 Å². The van der Waals surface area contributed by atoms with E-state index in [1.165, 1.54) is 0 Å². The van der Waals surface area contributed by atoms with Crippen molar-refractivity contribution in [3.63, 3.8) is 0 Å². The number of nitrogens with one attached hydrogen (secondary N) is 2. The van der Waals surface area contributed by atoms with Crippen molar-refractivity contribution in [2.24, 2.45) is 0 Å². The Bertz CT molecular complexity index is 945. The first kappa shape index (κ1) is 17.1. The minimum absolute atomic E-state index is 0.0664. The molecule has 7 heteroatoms. The van der Waals surface area contributed by atoms with Crippen molar-refractivity contribution in [2.75, 3.05) is 18.4 Å². The first-order valence-corrected chi connectivity index (χ1v) is 9.03. The monoisotopic (exact) mass is 363 g/mol. The normalized spacial score (nSPS) is 14.9. The van der Waals surface area contributed by atoms with Crippen LogP contribution in [0.25, 0.3) is 5.65 Å². The van der Waals surface area contributed by atoms with Crippen LogP contribution in [0.5, 0.6) is 0 Å². The maximum atomic E-state index is 12.5. The van der Waals surface area contributed by atoms with E-state index in [0.29, 0.717) is 18.7 Å². The van der Waals surface area contributed by atoms with Gasteiger partial charge in [0.05, 0.1) is 5.56 Å². The lowest BCUT2D eigenvalue weighted by Crippen LogP contribution is -2.47. The van der Waals surface area contributed by atoms with Gasteiger partial charge in [0.2, 0.25) is 0 Å². The molecule has 0 spiro atoms. The molecule has 0 saturated carbocycles. The predicted molar refractivity (Wildman–Crippen MR) is 103 cm³/mol. The van der Waals surface area contributed by atoms with Crippen LogP contribution < -0.4 is 10.6 Å². The van der Waals surface area contributed by atoms with E-state index in [1.807, 2.05) is 47.0 Å². The fraction of sp³-hybridized carbons (Fsp3) is 0.250. The highest BCUT2D eigenvalue weighted by Gasteiger charge is 2.24. The quantitative estimate of drug-likeness (QED) is 0.751. The number of nitrogens with zero attached hydrogens (tertiary/aromatic N) is 3. The van der Waals surface area contributed by atoms with Gasteiger partial charge >= 0.3 is 6.03 Å². The van der Waals surface area contributed by atoms with Crippen LogP contribution in [0.15, 0.2) is 61.1 Å². The van der Waals surface area contributed by atoms with Gasteiger partial charge in [0.25, 0.3) is 5.91 Å². The van der Waals surface area contributed by atoms with Crippen molar-refractivity contribution in [3.05, 3.63) is 66.6 Å². The van der Waals surface area contributed by atoms with Gasteiger partial charge in [-0.05, 0) is 37.1 Å². The molecule has 3 amide bonds. The van der Waals surface area contributed by atoms with Gasteiger partial charge in [0.1, 0.15) is 5.65 Å². The molecule has 2 aromatic heterocycles. The molecule has 1 saturated heterocycles. The molecule has 7 nitrogen and oxygen atoms in total. The Morgan fingerprint density at radius 3 is 2.59 bits per heavy atom. The van der Waals surface area contributed by atoms with Crippen LogP contribution in [0.1, 0.15) is 23.2 Å². The lowest BCUT2D eigenvalue weighted by atomic mass is 10.0. The second-order valence-corrected chi connectivity index (χ2v) is 6.64. The molecule has 3 aromatic rings. The molecule has 0 bridgehead atoms. The van der Waals surface area contributed by atoms with E-state index >= 15 is 0 Å². The number of piperidine rings is 1. The molecule has 0 radical (unpaired) electrons. The topological polar surface area (TPSA) is 78.7 Å². The zero-order valence-corrected chi connectivity index (χ0v) is 14.8. The van der Waals surface area contributed by atoms with E-state index in [1.54, 1.807) is 23.4 Å². The molecule has 3 heterocycles. The zero-order chi connectivity index (χ0) is 18.6. The van der Waals surface area contributed by atoms with Crippen molar-refractivity contribution in [1.29, 1.82) is 0 Å². The summed E-state index contributed by atoms with van der Waals surface area (Å²) in [6.45, 7) is 1.23. The smallest absolute Gasteiger partial charge is 0.321 e. The Kier molecular flexibility index (Phi) is 4.74. The number of likely N-dealkylation sites (tertiary alicyclic amines) is 1. The Hall–Kier alpha value is -3.35. The number of hydrogen-bond donors (Lipinski definition) is 2. The van der Waals surface area contributed by atoms with E-state index in [-0.39, 0.29) is 18.0 Å². The number of imidazole rings is 1. The van der Waals surface area contributed by atoms with Crippen LogP contribution in [0.3, 0.4) is 0 Å². The number of rotatable bonds is 3. The summed E-state index contributed by atoms with van der Waals surface area (Å²) in [5, 5.41) is 5.97. The molecule has 0 aliphatic carbocycles. The standard InChI is InChI=1S/C20H21N5O2/c26-19(15-6-7-18-21-10-13-25(18)14-15)22-17-8-11-24(12-9-17)20(27)23-16-4-2-1-3-5-16/h1-7,10,13-14,17H,8-9,11-12H2,(H,22,26)(H,23,27). The summed E-state index contributed by atoms with van der Waals surface area (Å²) in [4.78, 5) is 30.8. The molecule has 2 N–H and O–H groups in total. The minimum Gasteiger partial charge on any atom is -0.349 e. The maximum Gasteiger partial charge on any atom is 0.321 e. The molecule has 4 rings (SSSR count). The third-order valence-electron chi connectivity index (χ3n) is 4.79. The summed E-state index contributed by atoms with van der Waals surface area (Å²) < 4.78 is 1.82. The van der Waals surface area contributed by atoms with Gasteiger partial charge in [-0.3, -0.25) is 4.79 Å². The van der Waals surface area contributed by atoms with Gasteiger partial charge in [-0.2, -0.15) is 0 Å². The predicted octanol–water partition coefficient (Wildman–Crippen LogP) is 2.76. The van der Waals surface area contributed by atoms with Crippen molar-refractivity contribution >= 4 is 23.3 Å². The largest absolute Gasteiger partial charge is 0.349 e. The summed E-state index contributed by atoms with van der Waals surface area (Å²) in [6.07, 6.45) is 6.77. The molecule has 1 fully saturated rings. The number of aromatic nitrogens is 2. The van der Waals surface area contributed by atoms with E-state index in [9.17, 15) is 9.59 Å². The molecule has 1 aliphatic rings. The van der Waals surface area contributed by atoms with Crippen molar-refractivity contribution in [2.45, 2.75) is 18.9 Å². The molecular weight excluding hydrogens is 342 g/mol. The Morgan fingerprint density at radius 1 is 1.04 bits per heavy atom. The van der Waals surface area contributed by atoms with Gasteiger partial charge in [-0.1, -0.05) is 18.2 Å². The van der Waals surface area contributed by atoms with E-state index < -0.39 is 0 Å². The van der Waals surface area contributed by atoms with Gasteiger partial charge in [0, 0.05) is 43.4 Å². The second-order valence-electron chi connectivity index (χ2n) is 6.64. The van der Waals surface area contributed by atoms with Gasteiger partial charge in [-0.15, -0.1) is 0 Å². The molecular formula is C20H21N5O2. The number of benzene rings is 1. The number of amides is 3. The Balaban J connectivity index is 1.30. The minimum atomic E-state index is -0.100. The highest BCUT2D eigenvalue weighted by atomic mass is 16.2. The summed E-state index contributed by atoms with van der Waals surface area (Å²) in [5.74, 6) is -0.0993. The van der Waals surface area contributed by atoms with Crippen LogP contribution in [-0.4, -0.2) is 45.4 Å². The van der Waals surface area contributed by atoms with Gasteiger partial charge in [0.15, 0.2) is 0 Å². The first-order valence-electron chi connectivity index (χ1n) is 9.03. The highest BCUT2D eigenvalue weighted by molar-refractivity contribution is 5.94. The molecule has 0 atom stereocenters. The summed E-state index contributed by atoms with van der Waals surface area (Å²) in [6, 6.07) is 13.0. The lowest BCUT2D eigenvalue weighted by molar-refractivity contribution is 0.0919. The van der Waals surface area contributed by atoms with Gasteiger partial charge in [-0.25, -0.2) is 9.78 Å². The van der Waals surface area contributed by atoms with E-state index in [2.05, 4.69) is 15.6 Å². The molecule has 27 heavy (non-hydrogen) atoms. The SMILES string of the molecule is O=C(NC1CCN(C(=O)Nc2ccccc2)CC1)c1ccc2nccn2c1. The van der Waals surface area contributed by atoms with Gasteiger partial charge < -0.3 is 19.9 Å². The van der Waals surface area contributed by atoms with Crippen LogP contribution in [-0.2, 0) is 0 Å². The second kappa shape index (κ2) is 7.49. The third-order valence-corrected chi connectivity index (χ3v) is 4.79. The van der Waals surface area contributed by atoms with Crippen LogP contribution >= 0.6 is 0 Å². The summed E-state index contributed by atoms with van der Waals surface area (Å²) in [5.41, 5.74) is 2.20. The van der Waals surface area contributed by atoms with Crippen molar-refractivity contribution in [3.8, 4) is 0 Å². The van der Waals surface area contributed by atoms with Crippen LogP contribution in [0, 0.1) is 0 Å². The van der Waals surface area contributed by atoms with Crippen molar-refractivity contribution < 1.29 is 9.59 Å². The summed E-state index contributed by atoms with van der Waals surface area (Å²) in [7, 11) is 0. The lowest BCUT2D eigenvalue weighted by Gasteiger charge is -2.32. The Labute approximate surface area is 157 Å². The Morgan fingerprint density at radius 2 is 1.81 bits per heavy atom. The average Bonchev–Trinajstić information content (AvgIpc) is 3.17. The van der Waals surface area contributed by atoms with E-state index in [0.717, 1.165) is 24.2 Å². The maximum absolute atomic E-state index is 12.5. The van der Waals surface area contributed by atoms with Crippen LogP contribution in [0.4, 0.5) is 10.5 Å². The number of hydrogen-bond acceptors (Lipinski definition) is 3. The summed E-state index contributed by atoms with van der Waals surface area (Å²) >= 11 is 0. The number of urea groups is 1. The number of carbonyl (C=O) groups is 2. The first-order chi connectivity index (χ1) is 13.2. The highest BCUT2D eigenvalue weighted by Crippen LogP contribution is 2.14. The molecule has 1 aliphatic heterocycles. The van der Waals surface area contributed by atoms with E-state index in [4.69, 9.17) is 0 Å². The number of carbonyl (C=O) groups excluding carboxylic acids is 2. The zero-order valence-electron chi connectivity index (χ0n) is 14.8. The third kappa shape index (κ3) is 3.92. The number of anilines is 1. The van der Waals surface area contributed by atoms with Crippen molar-refractivity contribution in [1.82, 2.24) is 19.6 Å². The fourth-order valence-corrected chi connectivity index (χ4v) is 3.27. The number of fused-ring (bicyclic) bond motifs is 1. The number of pyridine rings is 1. The fourth-order valence-electron chi connectivity index (χ4n) is 3.27. The average molecular weight is 363 g/mol. The number of para-hydroxylation sites is 1. The molecule has 138 valence electrons.